The Morgan fingerprint density at radius 2 is 1.80 bits per heavy atom. The molecule has 178 valence electrons. The third-order valence-electron chi connectivity index (χ3n) is 6.56. The van der Waals surface area contributed by atoms with Crippen LogP contribution < -0.4 is 4.74 Å². The van der Waals surface area contributed by atoms with Crippen molar-refractivity contribution in [3.63, 3.8) is 0 Å². The van der Waals surface area contributed by atoms with E-state index in [1.165, 1.54) is 5.57 Å². The lowest BCUT2D eigenvalue weighted by Gasteiger charge is -2.24. The van der Waals surface area contributed by atoms with Gasteiger partial charge in [0.25, 0.3) is 0 Å². The second kappa shape index (κ2) is 11.0. The first-order valence-electron chi connectivity index (χ1n) is 12.1. The molecule has 35 heavy (non-hydrogen) atoms. The summed E-state index contributed by atoms with van der Waals surface area (Å²) in [5.41, 5.74) is 5.33. The van der Waals surface area contributed by atoms with Gasteiger partial charge >= 0.3 is 0 Å². The predicted molar refractivity (Wildman–Crippen MR) is 144 cm³/mol. The third kappa shape index (κ3) is 5.91. The molecule has 4 aromatic rings. The molecule has 0 amide bonds. The molecule has 0 unspecified atom stereocenters. The van der Waals surface area contributed by atoms with Crippen molar-refractivity contribution in [2.45, 2.75) is 25.5 Å². The van der Waals surface area contributed by atoms with Gasteiger partial charge in [-0.15, -0.1) is 0 Å². The Balaban J connectivity index is 1.33. The Morgan fingerprint density at radius 3 is 2.60 bits per heavy atom. The second-order valence-corrected chi connectivity index (χ2v) is 9.42. The number of fused-ring (bicyclic) bond motifs is 1. The van der Waals surface area contributed by atoms with Crippen molar-refractivity contribution in [2.24, 2.45) is 0 Å². The smallest absolute Gasteiger partial charge is 0.130 e. The first-order chi connectivity index (χ1) is 17.2. The van der Waals surface area contributed by atoms with Gasteiger partial charge in [-0.05, 0) is 78.6 Å². The van der Waals surface area contributed by atoms with E-state index in [1.807, 2.05) is 60.7 Å². The number of nitrogens with zero attached hydrogens (tertiary/aromatic N) is 2. The van der Waals surface area contributed by atoms with Gasteiger partial charge in [-0.25, -0.2) is 4.98 Å². The first kappa shape index (κ1) is 23.6. The molecule has 4 nitrogen and oxygen atoms in total. The number of benzene rings is 3. The van der Waals surface area contributed by atoms with Gasteiger partial charge in [0.15, 0.2) is 0 Å². The van der Waals surface area contributed by atoms with Crippen LogP contribution in [0.1, 0.15) is 29.7 Å². The van der Waals surface area contributed by atoms with E-state index in [0.29, 0.717) is 6.61 Å². The average Bonchev–Trinajstić information content (AvgIpc) is 3.36. The van der Waals surface area contributed by atoms with Crippen molar-refractivity contribution in [3.05, 3.63) is 107 Å². The Morgan fingerprint density at radius 1 is 1.00 bits per heavy atom. The highest BCUT2D eigenvalue weighted by atomic mass is 35.5. The molecule has 3 aromatic carbocycles. The zero-order valence-corrected chi connectivity index (χ0v) is 20.4. The van der Waals surface area contributed by atoms with E-state index in [0.717, 1.165) is 64.4 Å². The largest absolute Gasteiger partial charge is 0.487 e. The van der Waals surface area contributed by atoms with Gasteiger partial charge in [0.1, 0.15) is 12.4 Å². The highest BCUT2D eigenvalue weighted by Crippen LogP contribution is 2.27. The number of halogens is 1. The minimum absolute atomic E-state index is 0.198. The molecule has 0 radical (unpaired) electrons. The summed E-state index contributed by atoms with van der Waals surface area (Å²) in [5, 5.41) is 11.6. The third-order valence-corrected chi connectivity index (χ3v) is 6.81. The lowest BCUT2D eigenvalue weighted by molar-refractivity contribution is 0.172. The van der Waals surface area contributed by atoms with E-state index in [-0.39, 0.29) is 12.6 Å². The van der Waals surface area contributed by atoms with Crippen LogP contribution in [0.15, 0.2) is 84.9 Å². The normalized spacial score (nSPS) is 16.6. The number of aliphatic hydroxyl groups is 1. The molecule has 1 aliphatic heterocycles. The topological polar surface area (TPSA) is 45.6 Å². The zero-order chi connectivity index (χ0) is 24.0. The van der Waals surface area contributed by atoms with Gasteiger partial charge in [-0.1, -0.05) is 60.1 Å². The molecule has 0 bridgehead atoms. The van der Waals surface area contributed by atoms with Crippen LogP contribution in [0.25, 0.3) is 22.6 Å². The average molecular weight is 485 g/mol. The van der Waals surface area contributed by atoms with E-state index in [1.54, 1.807) is 0 Å². The van der Waals surface area contributed by atoms with Gasteiger partial charge in [0.05, 0.1) is 17.8 Å². The van der Waals surface area contributed by atoms with E-state index in [2.05, 4.69) is 35.2 Å². The van der Waals surface area contributed by atoms with Crippen molar-refractivity contribution >= 4 is 34.2 Å². The van der Waals surface area contributed by atoms with Crippen LogP contribution in [0.5, 0.6) is 5.75 Å². The van der Waals surface area contributed by atoms with Gasteiger partial charge in [-0.2, -0.15) is 0 Å². The summed E-state index contributed by atoms with van der Waals surface area (Å²) in [6.45, 7) is 2.41. The van der Waals surface area contributed by atoms with Crippen molar-refractivity contribution in [1.29, 1.82) is 0 Å². The summed E-state index contributed by atoms with van der Waals surface area (Å²) >= 11 is 6.09. The lowest BCUT2D eigenvalue weighted by Crippen LogP contribution is -2.33. The lowest BCUT2D eigenvalue weighted by atomic mass is 10.0. The number of rotatable bonds is 8. The molecule has 0 saturated carbocycles. The molecule has 1 fully saturated rings. The van der Waals surface area contributed by atoms with Crippen LogP contribution in [0.4, 0.5) is 0 Å². The summed E-state index contributed by atoms with van der Waals surface area (Å²) in [4.78, 5) is 7.06. The van der Waals surface area contributed by atoms with E-state index >= 15 is 0 Å². The molecular weight excluding hydrogens is 456 g/mol. The van der Waals surface area contributed by atoms with Crippen molar-refractivity contribution in [2.75, 3.05) is 19.7 Å². The number of aliphatic hydroxyl groups excluding tert-OH is 1. The van der Waals surface area contributed by atoms with Crippen LogP contribution >= 0.6 is 11.6 Å². The van der Waals surface area contributed by atoms with Crippen molar-refractivity contribution in [3.8, 4) is 5.75 Å². The van der Waals surface area contributed by atoms with Crippen LogP contribution in [-0.2, 0) is 6.61 Å². The van der Waals surface area contributed by atoms with E-state index in [9.17, 15) is 5.11 Å². The SMILES string of the molecule is OC[C@@H]1CCCN1C/C(=C/c1ccc(Cl)cc1)c1ccc(OCc2ccc3ccccc3n2)cc1. The number of ether oxygens (including phenoxy) is 1. The van der Waals surface area contributed by atoms with Gasteiger partial charge in [0, 0.05) is 23.0 Å². The molecule has 1 saturated heterocycles. The summed E-state index contributed by atoms with van der Waals surface area (Å²) in [6, 6.07) is 28.5. The molecular formula is C30H29ClN2O2. The molecule has 5 rings (SSSR count). The number of likely N-dealkylation sites (tertiary alicyclic amines) is 1. The van der Waals surface area contributed by atoms with E-state index < -0.39 is 0 Å². The number of hydrogen-bond donors (Lipinski definition) is 1. The molecule has 1 aliphatic rings. The van der Waals surface area contributed by atoms with Crippen molar-refractivity contribution in [1.82, 2.24) is 9.88 Å². The Hall–Kier alpha value is -3.18. The van der Waals surface area contributed by atoms with Gasteiger partial charge in [-0.3, -0.25) is 4.90 Å². The molecule has 1 N–H and O–H groups in total. The Labute approximate surface area is 211 Å². The van der Waals surface area contributed by atoms with Crippen LogP contribution in [-0.4, -0.2) is 40.7 Å². The number of hydrogen-bond acceptors (Lipinski definition) is 4. The maximum Gasteiger partial charge on any atom is 0.130 e. The minimum atomic E-state index is 0.198. The number of aromatic nitrogens is 1. The summed E-state index contributed by atoms with van der Waals surface area (Å²) < 4.78 is 6.03. The Kier molecular flexibility index (Phi) is 7.43. The molecule has 1 aromatic heterocycles. The van der Waals surface area contributed by atoms with Crippen LogP contribution in [0, 0.1) is 0 Å². The zero-order valence-electron chi connectivity index (χ0n) is 19.6. The van der Waals surface area contributed by atoms with Crippen LogP contribution in [0.2, 0.25) is 5.02 Å². The fourth-order valence-electron chi connectivity index (χ4n) is 4.62. The maximum atomic E-state index is 9.79. The number of pyridine rings is 1. The second-order valence-electron chi connectivity index (χ2n) is 8.98. The molecule has 5 heteroatoms. The van der Waals surface area contributed by atoms with Crippen molar-refractivity contribution < 1.29 is 9.84 Å². The maximum absolute atomic E-state index is 9.79. The van der Waals surface area contributed by atoms with Gasteiger partial charge in [0.2, 0.25) is 0 Å². The van der Waals surface area contributed by atoms with E-state index in [4.69, 9.17) is 21.3 Å². The van der Waals surface area contributed by atoms with Gasteiger partial charge < -0.3 is 9.84 Å². The molecule has 2 heterocycles. The fourth-order valence-corrected chi connectivity index (χ4v) is 4.75. The predicted octanol–water partition coefficient (Wildman–Crippen LogP) is 6.46. The number of para-hydroxylation sites is 1. The monoisotopic (exact) mass is 484 g/mol. The summed E-state index contributed by atoms with van der Waals surface area (Å²) in [7, 11) is 0. The Bertz CT molecular complexity index is 1300. The highest BCUT2D eigenvalue weighted by molar-refractivity contribution is 6.30. The summed E-state index contributed by atoms with van der Waals surface area (Å²) in [5.74, 6) is 0.809. The summed E-state index contributed by atoms with van der Waals surface area (Å²) in [6.07, 6.45) is 4.37. The molecule has 1 atom stereocenters. The quantitative estimate of drug-likeness (QED) is 0.291. The molecule has 0 aliphatic carbocycles. The highest BCUT2D eigenvalue weighted by Gasteiger charge is 2.24. The fraction of sp³-hybridized carbons (Fsp3) is 0.233. The minimum Gasteiger partial charge on any atom is -0.487 e. The molecule has 0 spiro atoms. The van der Waals surface area contributed by atoms with Crippen LogP contribution in [0.3, 0.4) is 0 Å². The first-order valence-corrected chi connectivity index (χ1v) is 12.4. The standard InChI is InChI=1S/C30H29ClN2O2/c31-26-12-7-22(8-13-26)18-25(19-33-17-3-5-28(33)20-34)23-10-15-29(16-11-23)35-21-27-14-9-24-4-1-2-6-30(24)32-27/h1-2,4,6-16,18,28,34H,3,5,17,19-21H2/b25-18-/t28-/m0/s1.